The molecule has 8 heteroatoms. The van der Waals surface area contributed by atoms with Crippen LogP contribution in [0.25, 0.3) is 0 Å². The van der Waals surface area contributed by atoms with Crippen LogP contribution >= 0.6 is 0 Å². The molecule has 2 amide bonds. The lowest BCUT2D eigenvalue weighted by Crippen LogP contribution is -2.49. The summed E-state index contributed by atoms with van der Waals surface area (Å²) in [6.07, 6.45) is -3.33. The zero-order valence-corrected chi connectivity index (χ0v) is 15.7. The zero-order chi connectivity index (χ0) is 21.5. The van der Waals surface area contributed by atoms with Crippen molar-refractivity contribution in [3.63, 3.8) is 0 Å². The van der Waals surface area contributed by atoms with Crippen LogP contribution in [0.5, 0.6) is 0 Å². The van der Waals surface area contributed by atoms with Crippen LogP contribution in [0.4, 0.5) is 23.7 Å². The Morgan fingerprint density at radius 1 is 1.07 bits per heavy atom. The van der Waals surface area contributed by atoms with E-state index in [2.05, 4.69) is 5.32 Å². The number of carbonyl (C=O) groups excluding carboxylic acids is 2. The summed E-state index contributed by atoms with van der Waals surface area (Å²) >= 11 is 0. The maximum atomic E-state index is 13.2. The first-order chi connectivity index (χ1) is 14.3. The molecule has 1 N–H and O–H groups in total. The van der Waals surface area contributed by atoms with Crippen molar-refractivity contribution in [3.05, 3.63) is 76.5 Å². The number of carbonyl (C=O) groups is 2. The molecule has 0 fully saturated rings. The van der Waals surface area contributed by atoms with Crippen molar-refractivity contribution in [2.75, 3.05) is 4.90 Å². The van der Waals surface area contributed by atoms with E-state index in [4.69, 9.17) is 5.26 Å². The molecule has 0 spiro atoms. The van der Waals surface area contributed by atoms with Crippen molar-refractivity contribution < 1.29 is 22.8 Å². The molecule has 0 saturated heterocycles. The number of alkyl halides is 3. The fourth-order valence-electron chi connectivity index (χ4n) is 3.88. The Labute approximate surface area is 170 Å². The molecule has 0 saturated carbocycles. The minimum Gasteiger partial charge on any atom is -0.326 e. The van der Waals surface area contributed by atoms with Crippen LogP contribution < -0.4 is 10.2 Å². The lowest BCUT2D eigenvalue weighted by molar-refractivity contribution is -0.137. The molecular weight excluding hydrogens is 395 g/mol. The molecule has 30 heavy (non-hydrogen) atoms. The summed E-state index contributed by atoms with van der Waals surface area (Å²) in [6.45, 7) is 0. The largest absolute Gasteiger partial charge is 0.416 e. The number of benzene rings is 2. The molecule has 1 heterocycles. The molecule has 0 aromatic heterocycles. The van der Waals surface area contributed by atoms with Gasteiger partial charge in [0, 0.05) is 17.7 Å². The molecule has 2 aromatic carbocycles. The third-order valence-electron chi connectivity index (χ3n) is 5.26. The summed E-state index contributed by atoms with van der Waals surface area (Å²) in [4.78, 5) is 26.9. The molecule has 1 aliphatic carbocycles. The van der Waals surface area contributed by atoms with Crippen LogP contribution in [0.15, 0.2) is 59.8 Å². The summed E-state index contributed by atoms with van der Waals surface area (Å²) in [5.74, 6) is -0.150. The summed E-state index contributed by atoms with van der Waals surface area (Å²) in [5.41, 5.74) is 1.06. The number of ketones is 1. The van der Waals surface area contributed by atoms with Gasteiger partial charge in [-0.3, -0.25) is 9.69 Å². The van der Waals surface area contributed by atoms with E-state index < -0.39 is 23.8 Å². The first-order valence-electron chi connectivity index (χ1n) is 9.34. The molecule has 0 radical (unpaired) electrons. The van der Waals surface area contributed by atoms with Gasteiger partial charge in [-0.2, -0.15) is 18.4 Å². The Morgan fingerprint density at radius 3 is 2.47 bits per heavy atom. The highest BCUT2D eigenvalue weighted by atomic mass is 19.4. The molecule has 152 valence electrons. The normalized spacial score (nSPS) is 19.3. The monoisotopic (exact) mass is 411 g/mol. The number of hydrogen-bond acceptors (Lipinski definition) is 3. The first kappa shape index (κ1) is 19.7. The van der Waals surface area contributed by atoms with Gasteiger partial charge in [-0.25, -0.2) is 4.79 Å². The average molecular weight is 411 g/mol. The van der Waals surface area contributed by atoms with Crippen molar-refractivity contribution in [1.82, 2.24) is 5.32 Å². The van der Waals surface area contributed by atoms with Crippen molar-refractivity contribution in [2.45, 2.75) is 31.5 Å². The Kier molecular flexibility index (Phi) is 4.82. The third-order valence-corrected chi connectivity index (χ3v) is 5.26. The third kappa shape index (κ3) is 3.43. The van der Waals surface area contributed by atoms with E-state index in [1.54, 1.807) is 24.3 Å². The lowest BCUT2D eigenvalue weighted by atomic mass is 9.84. The van der Waals surface area contributed by atoms with Gasteiger partial charge in [0.05, 0.1) is 28.9 Å². The number of allylic oxidation sites excluding steroid dienone is 1. The van der Waals surface area contributed by atoms with Gasteiger partial charge >= 0.3 is 12.2 Å². The number of nitrogens with one attached hydrogen (secondary N) is 1. The van der Waals surface area contributed by atoms with E-state index in [1.807, 2.05) is 6.07 Å². The van der Waals surface area contributed by atoms with Gasteiger partial charge < -0.3 is 5.32 Å². The second-order valence-electron chi connectivity index (χ2n) is 7.14. The number of amides is 2. The number of halogens is 3. The highest BCUT2D eigenvalue weighted by Crippen LogP contribution is 2.40. The maximum Gasteiger partial charge on any atom is 0.416 e. The second kappa shape index (κ2) is 7.34. The van der Waals surface area contributed by atoms with Crippen molar-refractivity contribution in [3.8, 4) is 6.07 Å². The van der Waals surface area contributed by atoms with Gasteiger partial charge in [0.15, 0.2) is 5.78 Å². The summed E-state index contributed by atoms with van der Waals surface area (Å²) in [5, 5.41) is 11.7. The molecule has 5 nitrogen and oxygen atoms in total. The number of anilines is 1. The van der Waals surface area contributed by atoms with E-state index in [9.17, 15) is 22.8 Å². The van der Waals surface area contributed by atoms with E-state index in [1.165, 1.54) is 17.0 Å². The number of urea groups is 1. The van der Waals surface area contributed by atoms with Crippen LogP contribution in [-0.4, -0.2) is 11.8 Å². The molecule has 2 aromatic rings. The number of nitrogens with zero attached hydrogens (tertiary/aromatic N) is 2. The van der Waals surface area contributed by atoms with Gasteiger partial charge in [0.1, 0.15) is 0 Å². The molecule has 1 aliphatic heterocycles. The Hall–Kier alpha value is -3.60. The van der Waals surface area contributed by atoms with E-state index in [0.29, 0.717) is 41.7 Å². The van der Waals surface area contributed by atoms with Gasteiger partial charge in [-0.15, -0.1) is 0 Å². The number of nitriles is 1. The smallest absolute Gasteiger partial charge is 0.326 e. The summed E-state index contributed by atoms with van der Waals surface area (Å²) in [7, 11) is 0. The zero-order valence-electron chi connectivity index (χ0n) is 15.7. The van der Waals surface area contributed by atoms with Crippen LogP contribution in [0.2, 0.25) is 0 Å². The second-order valence-corrected chi connectivity index (χ2v) is 7.14. The van der Waals surface area contributed by atoms with Crippen LogP contribution in [0, 0.1) is 11.3 Å². The molecule has 1 atom stereocenters. The first-order valence-corrected chi connectivity index (χ1v) is 9.34. The Balaban J connectivity index is 1.83. The highest BCUT2D eigenvalue weighted by Gasteiger charge is 2.40. The number of hydrogen-bond donors (Lipinski definition) is 1. The average Bonchev–Trinajstić information content (AvgIpc) is 2.73. The predicted octanol–water partition coefficient (Wildman–Crippen LogP) is 4.86. The molecule has 0 unspecified atom stereocenters. The van der Waals surface area contributed by atoms with E-state index in [0.717, 1.165) is 12.1 Å². The fourth-order valence-corrected chi connectivity index (χ4v) is 3.88. The van der Waals surface area contributed by atoms with Gasteiger partial charge in [-0.05, 0) is 48.7 Å². The van der Waals surface area contributed by atoms with Gasteiger partial charge in [0.2, 0.25) is 0 Å². The van der Waals surface area contributed by atoms with Crippen molar-refractivity contribution in [1.29, 1.82) is 5.26 Å². The van der Waals surface area contributed by atoms with E-state index in [-0.39, 0.29) is 11.5 Å². The van der Waals surface area contributed by atoms with Crippen molar-refractivity contribution >= 4 is 17.5 Å². The Morgan fingerprint density at radius 2 is 1.80 bits per heavy atom. The number of Topliss-reactive ketones (excluding diaryl/α,β-unsaturated/α-hetero) is 1. The van der Waals surface area contributed by atoms with Gasteiger partial charge in [-0.1, -0.05) is 18.2 Å². The van der Waals surface area contributed by atoms with Crippen LogP contribution in [0.3, 0.4) is 0 Å². The molecule has 2 aliphatic rings. The maximum absolute atomic E-state index is 13.2. The summed E-state index contributed by atoms with van der Waals surface area (Å²) in [6, 6.07) is 11.7. The lowest BCUT2D eigenvalue weighted by Gasteiger charge is -2.39. The van der Waals surface area contributed by atoms with Crippen LogP contribution in [-0.2, 0) is 11.0 Å². The molecule has 0 bridgehead atoms. The van der Waals surface area contributed by atoms with E-state index >= 15 is 0 Å². The minimum absolute atomic E-state index is 0.0582. The quantitative estimate of drug-likeness (QED) is 0.767. The standard InChI is InChI=1S/C22H16F3N3O2/c23-22(24,25)15-3-1-4-16(11-15)28-17-5-2-6-18(29)19(17)20(27-21(28)30)14-9-7-13(12-26)8-10-14/h1,3-4,7-11,20H,2,5-6H2,(H,27,30)/t20-/m1/s1. The highest BCUT2D eigenvalue weighted by molar-refractivity contribution is 6.06. The van der Waals surface area contributed by atoms with Gasteiger partial charge in [0.25, 0.3) is 0 Å². The SMILES string of the molecule is N#Cc1ccc([C@H]2NC(=O)N(c3cccc(C(F)(F)F)c3)C3=C2C(=O)CCC3)cc1. The minimum atomic E-state index is -4.55. The number of rotatable bonds is 2. The fraction of sp³-hybridized carbons (Fsp3) is 0.227. The Bertz CT molecular complexity index is 1100. The van der Waals surface area contributed by atoms with Crippen molar-refractivity contribution in [2.24, 2.45) is 0 Å². The molecule has 4 rings (SSSR count). The topological polar surface area (TPSA) is 73.2 Å². The predicted molar refractivity (Wildman–Crippen MR) is 102 cm³/mol. The summed E-state index contributed by atoms with van der Waals surface area (Å²) < 4.78 is 39.5. The molecular formula is C22H16F3N3O2. The van der Waals surface area contributed by atoms with Crippen LogP contribution in [0.1, 0.15) is 42.0 Å².